The van der Waals surface area contributed by atoms with Crippen molar-refractivity contribution in [2.75, 3.05) is 44.2 Å². The number of benzene rings is 1. The van der Waals surface area contributed by atoms with Crippen LogP contribution in [0.4, 0.5) is 10.5 Å². The molecule has 3 N–H and O–H groups in total. The van der Waals surface area contributed by atoms with E-state index in [0.717, 1.165) is 37.6 Å². The third-order valence-corrected chi connectivity index (χ3v) is 4.13. The number of nitrogens with zero attached hydrogens (tertiary/aromatic N) is 1. The van der Waals surface area contributed by atoms with E-state index in [4.69, 9.17) is 4.74 Å². The maximum Gasteiger partial charge on any atom is 0.322 e. The Kier molecular flexibility index (Phi) is 6.85. The van der Waals surface area contributed by atoms with Gasteiger partial charge in [0, 0.05) is 5.54 Å². The largest absolute Gasteiger partial charge is 0.492 e. The van der Waals surface area contributed by atoms with Crippen molar-refractivity contribution in [3.05, 3.63) is 24.3 Å². The summed E-state index contributed by atoms with van der Waals surface area (Å²) in [5.41, 5.74) is 0.735. The number of carbonyl (C=O) groups is 2. The molecule has 7 heteroatoms. The molecule has 0 spiro atoms. The number of amides is 3. The van der Waals surface area contributed by atoms with E-state index in [2.05, 4.69) is 21.6 Å². The summed E-state index contributed by atoms with van der Waals surface area (Å²) in [7, 11) is 0. The first-order valence-electron chi connectivity index (χ1n) is 9.21. The van der Waals surface area contributed by atoms with Crippen LogP contribution in [0, 0.1) is 0 Å². The first-order valence-corrected chi connectivity index (χ1v) is 9.21. The fourth-order valence-corrected chi connectivity index (χ4v) is 3.01. The molecular weight excluding hydrogens is 332 g/mol. The van der Waals surface area contributed by atoms with Crippen LogP contribution in [-0.2, 0) is 4.79 Å². The number of rotatable bonds is 5. The van der Waals surface area contributed by atoms with Crippen LogP contribution >= 0.6 is 0 Å². The molecule has 1 saturated heterocycles. The van der Waals surface area contributed by atoms with Gasteiger partial charge in [-0.05, 0) is 39.8 Å². The Balaban J connectivity index is 1.82. The minimum atomic E-state index is -0.439. The lowest BCUT2D eigenvalue weighted by Gasteiger charge is -2.34. The van der Waals surface area contributed by atoms with Crippen LogP contribution in [0.3, 0.4) is 0 Å². The van der Waals surface area contributed by atoms with Gasteiger partial charge in [0.1, 0.15) is 5.75 Å². The normalized spacial score (nSPS) is 15.5. The van der Waals surface area contributed by atoms with Crippen molar-refractivity contribution in [1.29, 1.82) is 0 Å². The third-order valence-electron chi connectivity index (χ3n) is 4.13. The molecule has 0 unspecified atom stereocenters. The monoisotopic (exact) mass is 363 g/mol. The van der Waals surface area contributed by atoms with Gasteiger partial charge in [-0.15, -0.1) is 0 Å². The Morgan fingerprint density at radius 3 is 2.46 bits per heavy atom. The number of quaternary nitrogens is 1. The van der Waals surface area contributed by atoms with E-state index in [1.165, 1.54) is 4.90 Å². The SMILES string of the molecule is CCOc1ccccc1N1CC[NH+](CC(=O)NC(=O)NC(C)(C)C)CC1. The van der Waals surface area contributed by atoms with E-state index in [1.54, 1.807) is 0 Å². The molecule has 0 saturated carbocycles. The molecule has 1 aromatic carbocycles. The predicted molar refractivity (Wildman–Crippen MR) is 102 cm³/mol. The summed E-state index contributed by atoms with van der Waals surface area (Å²) in [6.45, 7) is 11.9. The topological polar surface area (TPSA) is 75.1 Å². The third kappa shape index (κ3) is 6.22. The van der Waals surface area contributed by atoms with Crippen LogP contribution in [-0.4, -0.2) is 56.8 Å². The van der Waals surface area contributed by atoms with Gasteiger partial charge in [0.25, 0.3) is 5.91 Å². The number of carbonyl (C=O) groups excluding carboxylic acids is 2. The van der Waals surface area contributed by atoms with Crippen molar-refractivity contribution in [3.8, 4) is 5.75 Å². The van der Waals surface area contributed by atoms with Gasteiger partial charge in [-0.1, -0.05) is 12.1 Å². The molecule has 0 atom stereocenters. The first kappa shape index (κ1) is 20.0. The molecule has 0 aliphatic carbocycles. The highest BCUT2D eigenvalue weighted by Gasteiger charge is 2.25. The molecular formula is C19H31N4O3+. The van der Waals surface area contributed by atoms with Crippen LogP contribution < -0.4 is 25.2 Å². The Hall–Kier alpha value is -2.28. The first-order chi connectivity index (χ1) is 12.3. The number of hydrogen-bond donors (Lipinski definition) is 3. The van der Waals surface area contributed by atoms with Crippen molar-refractivity contribution >= 4 is 17.6 Å². The molecule has 1 aromatic rings. The second-order valence-electron chi connectivity index (χ2n) is 7.57. The molecule has 7 nitrogen and oxygen atoms in total. The molecule has 144 valence electrons. The van der Waals surface area contributed by atoms with Gasteiger partial charge in [-0.3, -0.25) is 10.1 Å². The molecule has 1 heterocycles. The molecule has 0 radical (unpaired) electrons. The van der Waals surface area contributed by atoms with Crippen LogP contribution in [0.15, 0.2) is 24.3 Å². The number of imide groups is 1. The smallest absolute Gasteiger partial charge is 0.322 e. The zero-order valence-corrected chi connectivity index (χ0v) is 16.2. The quantitative estimate of drug-likeness (QED) is 0.709. The van der Waals surface area contributed by atoms with Crippen LogP contribution in [0.25, 0.3) is 0 Å². The molecule has 2 rings (SSSR count). The molecule has 26 heavy (non-hydrogen) atoms. The van der Waals surface area contributed by atoms with Crippen LogP contribution in [0.1, 0.15) is 27.7 Å². The molecule has 0 aromatic heterocycles. The maximum absolute atomic E-state index is 12.1. The number of para-hydroxylation sites is 2. The zero-order valence-electron chi connectivity index (χ0n) is 16.2. The number of hydrogen-bond acceptors (Lipinski definition) is 4. The Labute approximate surface area is 155 Å². The van der Waals surface area contributed by atoms with Crippen molar-refractivity contribution in [1.82, 2.24) is 10.6 Å². The highest BCUT2D eigenvalue weighted by atomic mass is 16.5. The molecule has 1 aliphatic heterocycles. The lowest BCUT2D eigenvalue weighted by Crippen LogP contribution is -3.16. The van der Waals surface area contributed by atoms with Gasteiger partial charge in [-0.2, -0.15) is 0 Å². The summed E-state index contributed by atoms with van der Waals surface area (Å²) in [4.78, 5) is 27.3. The highest BCUT2D eigenvalue weighted by molar-refractivity contribution is 5.94. The minimum Gasteiger partial charge on any atom is -0.492 e. The molecule has 1 aliphatic rings. The second-order valence-corrected chi connectivity index (χ2v) is 7.57. The fourth-order valence-electron chi connectivity index (χ4n) is 3.01. The van der Waals surface area contributed by atoms with Crippen LogP contribution in [0.2, 0.25) is 0 Å². The fraction of sp³-hybridized carbons (Fsp3) is 0.579. The number of urea groups is 1. The van der Waals surface area contributed by atoms with Crippen molar-refractivity contribution in [3.63, 3.8) is 0 Å². The second kappa shape index (κ2) is 8.89. The average Bonchev–Trinajstić information content (AvgIpc) is 2.54. The van der Waals surface area contributed by atoms with Gasteiger partial charge < -0.3 is 19.9 Å². The van der Waals surface area contributed by atoms with E-state index in [0.29, 0.717) is 13.2 Å². The number of anilines is 1. The summed E-state index contributed by atoms with van der Waals surface area (Å²) < 4.78 is 5.71. The summed E-state index contributed by atoms with van der Waals surface area (Å²) >= 11 is 0. The van der Waals surface area contributed by atoms with Gasteiger partial charge in [0.15, 0.2) is 6.54 Å². The number of nitrogens with one attached hydrogen (secondary N) is 3. The number of piperazine rings is 1. The summed E-state index contributed by atoms with van der Waals surface area (Å²) in [5.74, 6) is 0.653. The van der Waals surface area contributed by atoms with Crippen molar-refractivity contribution in [2.45, 2.75) is 33.2 Å². The Bertz CT molecular complexity index is 619. The van der Waals surface area contributed by atoms with Crippen molar-refractivity contribution in [2.24, 2.45) is 0 Å². The van der Waals surface area contributed by atoms with Gasteiger partial charge in [-0.25, -0.2) is 4.79 Å². The summed E-state index contributed by atoms with van der Waals surface area (Å²) in [6, 6.07) is 7.60. The zero-order chi connectivity index (χ0) is 19.2. The average molecular weight is 363 g/mol. The van der Waals surface area contributed by atoms with E-state index < -0.39 is 6.03 Å². The Morgan fingerprint density at radius 1 is 1.19 bits per heavy atom. The van der Waals surface area contributed by atoms with E-state index in [9.17, 15) is 9.59 Å². The highest BCUT2D eigenvalue weighted by Crippen LogP contribution is 2.27. The standard InChI is InChI=1S/C19H30N4O3/c1-5-26-16-9-7-6-8-15(16)23-12-10-22(11-13-23)14-17(24)20-18(25)21-19(2,3)4/h6-9H,5,10-14H2,1-4H3,(H2,20,21,24,25)/p+1. The summed E-state index contributed by atoms with van der Waals surface area (Å²) in [5, 5.41) is 5.14. The lowest BCUT2D eigenvalue weighted by atomic mass is 10.1. The molecule has 3 amide bonds. The van der Waals surface area contributed by atoms with Gasteiger partial charge in [0.05, 0.1) is 38.5 Å². The Morgan fingerprint density at radius 2 is 1.85 bits per heavy atom. The predicted octanol–water partition coefficient (Wildman–Crippen LogP) is 0.415. The van der Waals surface area contributed by atoms with E-state index >= 15 is 0 Å². The molecule has 0 bridgehead atoms. The van der Waals surface area contributed by atoms with Gasteiger partial charge in [0.2, 0.25) is 0 Å². The summed E-state index contributed by atoms with van der Waals surface area (Å²) in [6.07, 6.45) is 0. The lowest BCUT2D eigenvalue weighted by molar-refractivity contribution is -0.892. The maximum atomic E-state index is 12.1. The van der Waals surface area contributed by atoms with E-state index in [1.807, 2.05) is 45.9 Å². The van der Waals surface area contributed by atoms with Gasteiger partial charge >= 0.3 is 6.03 Å². The van der Waals surface area contributed by atoms with Crippen LogP contribution in [0.5, 0.6) is 5.75 Å². The van der Waals surface area contributed by atoms with E-state index in [-0.39, 0.29) is 11.4 Å². The molecule has 1 fully saturated rings. The van der Waals surface area contributed by atoms with Crippen molar-refractivity contribution < 1.29 is 19.2 Å². The minimum absolute atomic E-state index is 0.245. The number of ether oxygens (including phenoxy) is 1.